The number of hydrogen-bond donors (Lipinski definition) is 1. The topological polar surface area (TPSA) is 52.5 Å². The predicted molar refractivity (Wildman–Crippen MR) is 82.4 cm³/mol. The third-order valence-corrected chi connectivity index (χ3v) is 3.78. The molecule has 3 rings (SSSR count). The molecule has 1 saturated heterocycles. The highest BCUT2D eigenvalue weighted by atomic mass is 16.3. The minimum absolute atomic E-state index is 0.321. The van der Waals surface area contributed by atoms with E-state index in [4.69, 9.17) is 0 Å². The second-order valence-corrected chi connectivity index (χ2v) is 5.45. The van der Waals surface area contributed by atoms with Crippen LogP contribution >= 0.6 is 0 Å². The zero-order chi connectivity index (χ0) is 14.7. The Hall–Kier alpha value is -2.14. The number of rotatable bonds is 3. The highest BCUT2D eigenvalue weighted by molar-refractivity contribution is 5.37. The first-order chi connectivity index (χ1) is 10.2. The Morgan fingerprint density at radius 1 is 1.05 bits per heavy atom. The quantitative estimate of drug-likeness (QED) is 0.931. The lowest BCUT2D eigenvalue weighted by molar-refractivity contribution is 0.249. The van der Waals surface area contributed by atoms with E-state index in [1.807, 2.05) is 25.3 Å². The molecule has 1 aromatic carbocycles. The molecule has 0 spiro atoms. The number of hydrogen-bond acceptors (Lipinski definition) is 5. The average Bonchev–Trinajstić information content (AvgIpc) is 2.50. The molecule has 0 saturated carbocycles. The maximum Gasteiger partial charge on any atom is 0.147 e. The first-order valence-corrected chi connectivity index (χ1v) is 7.24. The number of benzene rings is 1. The molecule has 1 aromatic heterocycles. The van der Waals surface area contributed by atoms with E-state index in [0.29, 0.717) is 5.75 Å². The third-order valence-electron chi connectivity index (χ3n) is 3.78. The number of piperazine rings is 1. The second-order valence-electron chi connectivity index (χ2n) is 5.45. The monoisotopic (exact) mass is 284 g/mol. The van der Waals surface area contributed by atoms with Crippen LogP contribution in [-0.2, 0) is 6.54 Å². The van der Waals surface area contributed by atoms with Crippen LogP contribution in [0.2, 0.25) is 0 Å². The van der Waals surface area contributed by atoms with Crippen molar-refractivity contribution in [3.8, 4) is 5.75 Å². The fourth-order valence-corrected chi connectivity index (χ4v) is 2.60. The van der Waals surface area contributed by atoms with Gasteiger partial charge in [-0.15, -0.1) is 0 Å². The van der Waals surface area contributed by atoms with Gasteiger partial charge in [-0.05, 0) is 24.6 Å². The highest BCUT2D eigenvalue weighted by Gasteiger charge is 2.18. The summed E-state index contributed by atoms with van der Waals surface area (Å²) < 4.78 is 0. The van der Waals surface area contributed by atoms with Gasteiger partial charge in [-0.2, -0.15) is 0 Å². The second kappa shape index (κ2) is 6.10. The number of aromatic nitrogens is 2. The first kappa shape index (κ1) is 13.8. The summed E-state index contributed by atoms with van der Waals surface area (Å²) in [5.41, 5.74) is 2.19. The molecule has 1 aliphatic rings. The largest absolute Gasteiger partial charge is 0.508 e. The zero-order valence-electron chi connectivity index (χ0n) is 12.2. The van der Waals surface area contributed by atoms with Crippen LogP contribution < -0.4 is 4.90 Å². The van der Waals surface area contributed by atoms with Crippen LogP contribution in [0.3, 0.4) is 0 Å². The lowest BCUT2D eigenvalue weighted by Crippen LogP contribution is -2.46. The number of aromatic hydroxyl groups is 1. The van der Waals surface area contributed by atoms with Crippen LogP contribution in [0.25, 0.3) is 0 Å². The van der Waals surface area contributed by atoms with E-state index in [2.05, 4.69) is 19.8 Å². The minimum Gasteiger partial charge on any atom is -0.508 e. The van der Waals surface area contributed by atoms with Crippen molar-refractivity contribution in [3.05, 3.63) is 47.9 Å². The van der Waals surface area contributed by atoms with Gasteiger partial charge in [-0.25, -0.2) is 4.98 Å². The molecule has 5 heteroatoms. The van der Waals surface area contributed by atoms with E-state index in [-0.39, 0.29) is 0 Å². The molecule has 0 radical (unpaired) electrons. The standard InChI is InChI=1S/C16H20N4O/c1-13-10-17-11-16(18-13)20-8-6-19(7-9-20)12-14-2-4-15(21)5-3-14/h2-5,10-11,21H,6-9,12H2,1H3. The van der Waals surface area contributed by atoms with E-state index < -0.39 is 0 Å². The van der Waals surface area contributed by atoms with Gasteiger partial charge in [-0.3, -0.25) is 9.88 Å². The lowest BCUT2D eigenvalue weighted by Gasteiger charge is -2.35. The fourth-order valence-electron chi connectivity index (χ4n) is 2.60. The Kier molecular flexibility index (Phi) is 4.01. The third kappa shape index (κ3) is 3.49. The van der Waals surface area contributed by atoms with Gasteiger partial charge in [-0.1, -0.05) is 12.1 Å². The van der Waals surface area contributed by atoms with E-state index in [9.17, 15) is 5.11 Å². The van der Waals surface area contributed by atoms with E-state index in [1.54, 1.807) is 18.3 Å². The van der Waals surface area contributed by atoms with Gasteiger partial charge in [0.15, 0.2) is 0 Å². The highest BCUT2D eigenvalue weighted by Crippen LogP contribution is 2.16. The molecule has 0 bridgehead atoms. The SMILES string of the molecule is Cc1cncc(N2CCN(Cc3ccc(O)cc3)CC2)n1. The summed E-state index contributed by atoms with van der Waals surface area (Å²) in [5.74, 6) is 1.29. The summed E-state index contributed by atoms with van der Waals surface area (Å²) in [6, 6.07) is 7.45. The summed E-state index contributed by atoms with van der Waals surface area (Å²) in [4.78, 5) is 13.5. The molecule has 2 heterocycles. The van der Waals surface area contributed by atoms with Crippen molar-refractivity contribution < 1.29 is 5.11 Å². The molecule has 2 aromatic rings. The Balaban J connectivity index is 1.56. The summed E-state index contributed by atoms with van der Waals surface area (Å²) in [5, 5.41) is 9.31. The van der Waals surface area contributed by atoms with Crippen molar-refractivity contribution in [1.82, 2.24) is 14.9 Å². The first-order valence-electron chi connectivity index (χ1n) is 7.24. The Morgan fingerprint density at radius 3 is 2.43 bits per heavy atom. The van der Waals surface area contributed by atoms with Crippen molar-refractivity contribution >= 4 is 5.82 Å². The molecule has 1 N–H and O–H groups in total. The number of nitrogens with zero attached hydrogens (tertiary/aromatic N) is 4. The van der Waals surface area contributed by atoms with Crippen molar-refractivity contribution in [2.24, 2.45) is 0 Å². The summed E-state index contributed by atoms with van der Waals surface area (Å²) in [7, 11) is 0. The van der Waals surface area contributed by atoms with E-state index in [1.165, 1.54) is 5.56 Å². The van der Waals surface area contributed by atoms with Gasteiger partial charge in [0, 0.05) is 38.9 Å². The maximum absolute atomic E-state index is 9.31. The molecule has 0 aliphatic carbocycles. The molecule has 0 amide bonds. The molecule has 0 atom stereocenters. The summed E-state index contributed by atoms with van der Waals surface area (Å²) >= 11 is 0. The van der Waals surface area contributed by atoms with Crippen molar-refractivity contribution in [1.29, 1.82) is 0 Å². The van der Waals surface area contributed by atoms with E-state index >= 15 is 0 Å². The van der Waals surface area contributed by atoms with Crippen LogP contribution in [0.15, 0.2) is 36.7 Å². The summed E-state index contributed by atoms with van der Waals surface area (Å²) in [6.45, 7) is 6.85. The molecule has 110 valence electrons. The number of aryl methyl sites for hydroxylation is 1. The molecule has 1 aliphatic heterocycles. The smallest absolute Gasteiger partial charge is 0.147 e. The van der Waals surface area contributed by atoms with Crippen molar-refractivity contribution in [3.63, 3.8) is 0 Å². The molecular weight excluding hydrogens is 264 g/mol. The lowest BCUT2D eigenvalue weighted by atomic mass is 10.2. The number of phenols is 1. The van der Waals surface area contributed by atoms with Gasteiger partial charge in [0.1, 0.15) is 11.6 Å². The van der Waals surface area contributed by atoms with Gasteiger partial charge in [0.25, 0.3) is 0 Å². The van der Waals surface area contributed by atoms with Crippen LogP contribution in [0, 0.1) is 6.92 Å². The molecule has 1 fully saturated rings. The van der Waals surface area contributed by atoms with Gasteiger partial charge < -0.3 is 10.0 Å². The Bertz CT molecular complexity index is 591. The Morgan fingerprint density at radius 2 is 1.76 bits per heavy atom. The average molecular weight is 284 g/mol. The van der Waals surface area contributed by atoms with Crippen molar-refractivity contribution in [2.75, 3.05) is 31.1 Å². The molecule has 0 unspecified atom stereocenters. The summed E-state index contributed by atoms with van der Waals surface area (Å²) in [6.07, 6.45) is 3.62. The van der Waals surface area contributed by atoms with Gasteiger partial charge >= 0.3 is 0 Å². The molecular formula is C16H20N4O. The van der Waals surface area contributed by atoms with Crippen LogP contribution in [-0.4, -0.2) is 46.2 Å². The van der Waals surface area contributed by atoms with Crippen LogP contribution in [0.1, 0.15) is 11.3 Å². The van der Waals surface area contributed by atoms with E-state index in [0.717, 1.165) is 44.2 Å². The predicted octanol–water partition coefficient (Wildman–Crippen LogP) is 1.81. The zero-order valence-corrected chi connectivity index (χ0v) is 12.2. The molecule has 5 nitrogen and oxygen atoms in total. The molecule has 21 heavy (non-hydrogen) atoms. The van der Waals surface area contributed by atoms with Crippen LogP contribution in [0.5, 0.6) is 5.75 Å². The maximum atomic E-state index is 9.31. The minimum atomic E-state index is 0.321. The van der Waals surface area contributed by atoms with Gasteiger partial charge in [0.2, 0.25) is 0 Å². The van der Waals surface area contributed by atoms with Crippen LogP contribution in [0.4, 0.5) is 5.82 Å². The van der Waals surface area contributed by atoms with Gasteiger partial charge in [0.05, 0.1) is 11.9 Å². The Labute approximate surface area is 124 Å². The normalized spacial score (nSPS) is 16.1. The number of anilines is 1. The fraction of sp³-hybridized carbons (Fsp3) is 0.375. The van der Waals surface area contributed by atoms with Crippen molar-refractivity contribution in [2.45, 2.75) is 13.5 Å². The number of phenolic OH excluding ortho intramolecular Hbond substituents is 1.